The lowest BCUT2D eigenvalue weighted by Crippen LogP contribution is -2.42. The Balaban J connectivity index is 2.77. The summed E-state index contributed by atoms with van der Waals surface area (Å²) >= 11 is 5.72. The van der Waals surface area contributed by atoms with Gasteiger partial charge in [-0.15, -0.1) is 0 Å². The minimum absolute atomic E-state index is 0.212. The van der Waals surface area contributed by atoms with Gasteiger partial charge in [0.25, 0.3) is 5.91 Å². The number of carboxylic acids is 1. The van der Waals surface area contributed by atoms with Crippen molar-refractivity contribution in [3.63, 3.8) is 0 Å². The lowest BCUT2D eigenvalue weighted by atomic mass is 10.1. The van der Waals surface area contributed by atoms with E-state index in [1.807, 2.05) is 0 Å². The number of benzene rings is 1. The third-order valence-corrected chi connectivity index (χ3v) is 2.52. The van der Waals surface area contributed by atoms with Crippen molar-refractivity contribution < 1.29 is 24.2 Å². The second-order valence-corrected chi connectivity index (χ2v) is 4.09. The monoisotopic (exact) mass is 285 g/mol. The minimum Gasteiger partial charge on any atom is -0.480 e. The molecule has 0 saturated carbocycles. The molecular formula is C12H12ClNO5. The van der Waals surface area contributed by atoms with Crippen LogP contribution in [0.5, 0.6) is 0 Å². The molecule has 102 valence electrons. The topological polar surface area (TPSA) is 92.7 Å². The van der Waals surface area contributed by atoms with Crippen molar-refractivity contribution in [2.24, 2.45) is 0 Å². The standard InChI is InChI=1S/C12H12ClNO5/c1-19-10(15)6-9(12(17)18)14-11(16)7-3-2-4-8(13)5-7/h2-5,9H,6H2,1H3,(H,14,16)(H,17,18)/t9-/m0/s1. The third-order valence-electron chi connectivity index (χ3n) is 2.29. The fourth-order valence-corrected chi connectivity index (χ4v) is 1.51. The van der Waals surface area contributed by atoms with Crippen LogP contribution >= 0.6 is 11.6 Å². The van der Waals surface area contributed by atoms with Crippen molar-refractivity contribution in [3.05, 3.63) is 34.9 Å². The first-order valence-electron chi connectivity index (χ1n) is 5.30. The van der Waals surface area contributed by atoms with E-state index in [0.29, 0.717) is 5.02 Å². The minimum atomic E-state index is -1.35. The first-order valence-corrected chi connectivity index (χ1v) is 5.68. The predicted octanol–water partition coefficient (Wildman–Crippen LogP) is 1.09. The Bertz CT molecular complexity index is 503. The van der Waals surface area contributed by atoms with Crippen LogP contribution in [0.2, 0.25) is 5.02 Å². The molecule has 1 amide bonds. The Hall–Kier alpha value is -2.08. The number of hydrogen-bond acceptors (Lipinski definition) is 4. The SMILES string of the molecule is COC(=O)C[C@H](NC(=O)c1cccc(Cl)c1)C(=O)O. The van der Waals surface area contributed by atoms with Crippen molar-refractivity contribution in [3.8, 4) is 0 Å². The molecule has 0 fully saturated rings. The largest absolute Gasteiger partial charge is 0.480 e. The summed E-state index contributed by atoms with van der Waals surface area (Å²) in [6, 6.07) is 4.68. The second-order valence-electron chi connectivity index (χ2n) is 3.65. The van der Waals surface area contributed by atoms with Crippen LogP contribution in [0.25, 0.3) is 0 Å². The maximum atomic E-state index is 11.8. The molecule has 0 aromatic heterocycles. The van der Waals surface area contributed by atoms with Crippen molar-refractivity contribution in [1.82, 2.24) is 5.32 Å². The van der Waals surface area contributed by atoms with Gasteiger partial charge >= 0.3 is 11.9 Å². The molecule has 0 aliphatic rings. The maximum absolute atomic E-state index is 11.8. The molecule has 1 rings (SSSR count). The van der Waals surface area contributed by atoms with Gasteiger partial charge in [-0.05, 0) is 18.2 Å². The van der Waals surface area contributed by atoms with Crippen LogP contribution in [0, 0.1) is 0 Å². The summed E-state index contributed by atoms with van der Waals surface area (Å²) < 4.78 is 4.36. The molecule has 1 aromatic rings. The van der Waals surface area contributed by atoms with Crippen LogP contribution in [0.4, 0.5) is 0 Å². The van der Waals surface area contributed by atoms with Gasteiger partial charge in [-0.25, -0.2) is 4.79 Å². The zero-order valence-corrected chi connectivity index (χ0v) is 10.8. The van der Waals surface area contributed by atoms with Crippen molar-refractivity contribution in [2.45, 2.75) is 12.5 Å². The number of rotatable bonds is 5. The van der Waals surface area contributed by atoms with E-state index in [9.17, 15) is 14.4 Å². The molecule has 0 heterocycles. The number of amides is 1. The lowest BCUT2D eigenvalue weighted by Gasteiger charge is -2.13. The summed E-state index contributed by atoms with van der Waals surface area (Å²) in [4.78, 5) is 33.8. The first kappa shape index (κ1) is 15.0. The van der Waals surface area contributed by atoms with Gasteiger partial charge in [-0.2, -0.15) is 0 Å². The first-order chi connectivity index (χ1) is 8.93. The number of nitrogens with one attached hydrogen (secondary N) is 1. The predicted molar refractivity (Wildman–Crippen MR) is 67.0 cm³/mol. The Morgan fingerprint density at radius 3 is 2.63 bits per heavy atom. The summed E-state index contributed by atoms with van der Waals surface area (Å²) in [5, 5.41) is 11.5. The van der Waals surface area contributed by atoms with Gasteiger partial charge in [0.2, 0.25) is 0 Å². The number of carbonyl (C=O) groups is 3. The molecule has 0 saturated heterocycles. The number of esters is 1. The van der Waals surface area contributed by atoms with Crippen LogP contribution in [0.3, 0.4) is 0 Å². The molecule has 0 aliphatic heterocycles. The molecule has 2 N–H and O–H groups in total. The Labute approximate surface area is 114 Å². The summed E-state index contributed by atoms with van der Waals surface area (Å²) in [5.74, 6) is -2.67. The van der Waals surface area contributed by atoms with Gasteiger partial charge in [-0.1, -0.05) is 17.7 Å². The van der Waals surface area contributed by atoms with E-state index in [2.05, 4.69) is 10.1 Å². The molecule has 6 nitrogen and oxygen atoms in total. The van der Waals surface area contributed by atoms with Gasteiger partial charge < -0.3 is 15.2 Å². The zero-order chi connectivity index (χ0) is 14.4. The fourth-order valence-electron chi connectivity index (χ4n) is 1.32. The van der Waals surface area contributed by atoms with Crippen molar-refractivity contribution in [1.29, 1.82) is 0 Å². The number of aliphatic carboxylic acids is 1. The average molecular weight is 286 g/mol. The molecule has 0 unspecified atom stereocenters. The highest BCUT2D eigenvalue weighted by molar-refractivity contribution is 6.31. The fraction of sp³-hybridized carbons (Fsp3) is 0.250. The molecule has 0 bridgehead atoms. The molecule has 0 radical (unpaired) electrons. The van der Waals surface area contributed by atoms with Gasteiger partial charge in [-0.3, -0.25) is 9.59 Å². The van der Waals surface area contributed by atoms with Crippen LogP contribution < -0.4 is 5.32 Å². The normalized spacial score (nSPS) is 11.5. The third kappa shape index (κ3) is 4.59. The smallest absolute Gasteiger partial charge is 0.326 e. The Morgan fingerprint density at radius 1 is 1.42 bits per heavy atom. The molecule has 1 atom stereocenters. The molecule has 7 heteroatoms. The van der Waals surface area contributed by atoms with Gasteiger partial charge in [0.05, 0.1) is 13.5 Å². The summed E-state index contributed by atoms with van der Waals surface area (Å²) in [7, 11) is 1.14. The van der Waals surface area contributed by atoms with E-state index in [4.69, 9.17) is 16.7 Å². The highest BCUT2D eigenvalue weighted by atomic mass is 35.5. The number of methoxy groups -OCH3 is 1. The van der Waals surface area contributed by atoms with Crippen molar-refractivity contribution in [2.75, 3.05) is 7.11 Å². The average Bonchev–Trinajstić information content (AvgIpc) is 2.37. The Morgan fingerprint density at radius 2 is 2.11 bits per heavy atom. The number of ether oxygens (including phenoxy) is 1. The van der Waals surface area contributed by atoms with Crippen LogP contribution in [0.1, 0.15) is 16.8 Å². The van der Waals surface area contributed by atoms with Gasteiger partial charge in [0.15, 0.2) is 0 Å². The summed E-state index contributed by atoms with van der Waals surface area (Å²) in [6.45, 7) is 0. The van der Waals surface area contributed by atoms with Gasteiger partial charge in [0, 0.05) is 10.6 Å². The number of halogens is 1. The highest BCUT2D eigenvalue weighted by Crippen LogP contribution is 2.11. The maximum Gasteiger partial charge on any atom is 0.326 e. The van der Waals surface area contributed by atoms with E-state index >= 15 is 0 Å². The summed E-state index contributed by atoms with van der Waals surface area (Å²) in [6.07, 6.45) is -0.446. The number of carboxylic acid groups (broad SMARTS) is 1. The quantitative estimate of drug-likeness (QED) is 0.790. The van der Waals surface area contributed by atoms with E-state index < -0.39 is 30.3 Å². The zero-order valence-electron chi connectivity index (χ0n) is 10.1. The molecule has 19 heavy (non-hydrogen) atoms. The second kappa shape index (κ2) is 6.75. The highest BCUT2D eigenvalue weighted by Gasteiger charge is 2.24. The molecular weight excluding hydrogens is 274 g/mol. The van der Waals surface area contributed by atoms with Crippen LogP contribution in [0.15, 0.2) is 24.3 Å². The summed E-state index contributed by atoms with van der Waals surface area (Å²) in [5.41, 5.74) is 0.212. The van der Waals surface area contributed by atoms with E-state index in [1.165, 1.54) is 12.1 Å². The molecule has 0 spiro atoms. The van der Waals surface area contributed by atoms with E-state index in [0.717, 1.165) is 7.11 Å². The van der Waals surface area contributed by atoms with E-state index in [1.54, 1.807) is 12.1 Å². The Kier molecular flexibility index (Phi) is 5.32. The number of hydrogen-bond donors (Lipinski definition) is 2. The van der Waals surface area contributed by atoms with E-state index in [-0.39, 0.29) is 5.56 Å². The van der Waals surface area contributed by atoms with Crippen molar-refractivity contribution >= 4 is 29.4 Å². The van der Waals surface area contributed by atoms with Gasteiger partial charge in [0.1, 0.15) is 6.04 Å². The van der Waals surface area contributed by atoms with Crippen LogP contribution in [-0.2, 0) is 14.3 Å². The van der Waals surface area contributed by atoms with Crippen LogP contribution in [-0.4, -0.2) is 36.1 Å². The molecule has 0 aliphatic carbocycles. The lowest BCUT2D eigenvalue weighted by molar-refractivity contribution is -0.147. The molecule has 1 aromatic carbocycles. The number of carbonyl (C=O) groups excluding carboxylic acids is 2.